The Morgan fingerprint density at radius 1 is 1.08 bits per heavy atom. The maximum absolute atomic E-state index is 12.5. The van der Waals surface area contributed by atoms with E-state index in [1.165, 1.54) is 14.2 Å². The number of carbonyl (C=O) groups excluding carboxylic acids is 1. The molecule has 0 saturated carbocycles. The Kier molecular flexibility index (Phi) is 5.43. The molecule has 0 N–H and O–H groups in total. The van der Waals surface area contributed by atoms with E-state index in [9.17, 15) is 13.2 Å². The first-order chi connectivity index (χ1) is 11.9. The zero-order valence-corrected chi connectivity index (χ0v) is 15.7. The number of nitrogens with zero attached hydrogens (tertiary/aromatic N) is 4. The van der Waals surface area contributed by atoms with Crippen molar-refractivity contribution in [2.45, 2.75) is 12.8 Å². The van der Waals surface area contributed by atoms with Gasteiger partial charge in [0.1, 0.15) is 0 Å². The largest absolute Gasteiger partial charge is 0.312 e. The predicted molar refractivity (Wildman–Crippen MR) is 97.7 cm³/mol. The molecule has 1 aromatic carbocycles. The van der Waals surface area contributed by atoms with Gasteiger partial charge in [-0.05, 0) is 18.1 Å². The standard InChI is InChI=1S/C17H26N4O3S/c1-18(2)25(23,24)20-13-11-19(12-14-20)9-8-17(22)21-10-7-15-5-3-4-6-16(15)21/h3-6H,7-14H2,1-2H3. The van der Waals surface area contributed by atoms with E-state index in [2.05, 4.69) is 11.0 Å². The fourth-order valence-corrected chi connectivity index (χ4v) is 4.49. The van der Waals surface area contributed by atoms with Crippen molar-refractivity contribution in [3.8, 4) is 0 Å². The van der Waals surface area contributed by atoms with E-state index in [4.69, 9.17) is 0 Å². The number of carbonyl (C=O) groups is 1. The van der Waals surface area contributed by atoms with Crippen molar-refractivity contribution >= 4 is 21.8 Å². The lowest BCUT2D eigenvalue weighted by atomic mass is 10.2. The van der Waals surface area contributed by atoms with Crippen molar-refractivity contribution < 1.29 is 13.2 Å². The van der Waals surface area contributed by atoms with E-state index in [-0.39, 0.29) is 5.91 Å². The molecule has 25 heavy (non-hydrogen) atoms. The van der Waals surface area contributed by atoms with E-state index < -0.39 is 10.2 Å². The van der Waals surface area contributed by atoms with Gasteiger partial charge in [-0.2, -0.15) is 17.0 Å². The molecule has 0 radical (unpaired) electrons. The van der Waals surface area contributed by atoms with Gasteiger partial charge in [0.2, 0.25) is 5.91 Å². The first-order valence-corrected chi connectivity index (χ1v) is 10.1. The third-order valence-electron chi connectivity index (χ3n) is 4.95. The lowest BCUT2D eigenvalue weighted by Crippen LogP contribution is -2.52. The van der Waals surface area contributed by atoms with Crippen molar-refractivity contribution in [2.75, 3.05) is 58.3 Å². The summed E-state index contributed by atoms with van der Waals surface area (Å²) in [4.78, 5) is 16.6. The SMILES string of the molecule is CN(C)S(=O)(=O)N1CCN(CCC(=O)N2CCc3ccccc32)CC1. The Labute approximate surface area is 150 Å². The number of piperazine rings is 1. The topological polar surface area (TPSA) is 64.2 Å². The van der Waals surface area contributed by atoms with Gasteiger partial charge >= 0.3 is 0 Å². The number of amides is 1. The predicted octanol–water partition coefficient (Wildman–Crippen LogP) is 0.390. The summed E-state index contributed by atoms with van der Waals surface area (Å²) < 4.78 is 27.0. The molecule has 7 nitrogen and oxygen atoms in total. The smallest absolute Gasteiger partial charge is 0.281 e. The number of hydrogen-bond acceptors (Lipinski definition) is 4. The normalized spacial score (nSPS) is 19.4. The summed E-state index contributed by atoms with van der Waals surface area (Å²) in [5.74, 6) is 0.147. The van der Waals surface area contributed by atoms with E-state index in [1.807, 2.05) is 23.1 Å². The molecule has 138 valence electrons. The number of para-hydroxylation sites is 1. The highest BCUT2D eigenvalue weighted by Gasteiger charge is 2.29. The number of rotatable bonds is 5. The molecule has 1 aromatic rings. The van der Waals surface area contributed by atoms with Crippen LogP contribution in [-0.4, -0.2) is 81.2 Å². The van der Waals surface area contributed by atoms with Crippen LogP contribution in [0.5, 0.6) is 0 Å². The van der Waals surface area contributed by atoms with Crippen molar-refractivity contribution in [3.63, 3.8) is 0 Å². The van der Waals surface area contributed by atoms with Crippen LogP contribution in [0, 0.1) is 0 Å². The summed E-state index contributed by atoms with van der Waals surface area (Å²) in [5, 5.41) is 0. The molecule has 1 fully saturated rings. The molecule has 0 aromatic heterocycles. The van der Waals surface area contributed by atoms with E-state index in [1.54, 1.807) is 14.1 Å². The summed E-state index contributed by atoms with van der Waals surface area (Å²) in [7, 11) is -0.237. The number of fused-ring (bicyclic) bond motifs is 1. The third-order valence-corrected chi connectivity index (χ3v) is 6.89. The minimum Gasteiger partial charge on any atom is -0.312 e. The van der Waals surface area contributed by atoms with Gasteiger partial charge in [0, 0.05) is 65.5 Å². The maximum atomic E-state index is 12.5. The fraction of sp³-hybridized carbons (Fsp3) is 0.588. The summed E-state index contributed by atoms with van der Waals surface area (Å²) in [6, 6.07) is 8.06. The molecule has 0 spiro atoms. The minimum atomic E-state index is -3.34. The van der Waals surface area contributed by atoms with E-state index in [0.29, 0.717) is 39.1 Å². The monoisotopic (exact) mass is 366 g/mol. The first kappa shape index (κ1) is 18.3. The summed E-state index contributed by atoms with van der Waals surface area (Å²) in [5.41, 5.74) is 2.27. The molecule has 3 rings (SSSR count). The van der Waals surface area contributed by atoms with E-state index >= 15 is 0 Å². The zero-order chi connectivity index (χ0) is 18.0. The Morgan fingerprint density at radius 2 is 1.76 bits per heavy atom. The second kappa shape index (κ2) is 7.41. The van der Waals surface area contributed by atoms with Gasteiger partial charge in [-0.3, -0.25) is 4.79 Å². The quantitative estimate of drug-likeness (QED) is 0.756. The summed E-state index contributed by atoms with van der Waals surface area (Å²) >= 11 is 0. The summed E-state index contributed by atoms with van der Waals surface area (Å²) in [6.07, 6.45) is 1.39. The fourth-order valence-electron chi connectivity index (χ4n) is 3.40. The van der Waals surface area contributed by atoms with Gasteiger partial charge in [-0.1, -0.05) is 18.2 Å². The number of anilines is 1. The van der Waals surface area contributed by atoms with Crippen LogP contribution in [0.2, 0.25) is 0 Å². The molecule has 0 bridgehead atoms. The van der Waals surface area contributed by atoms with Crippen molar-refractivity contribution in [1.82, 2.24) is 13.5 Å². The molecule has 2 aliphatic heterocycles. The van der Waals surface area contributed by atoms with Crippen molar-refractivity contribution in [3.05, 3.63) is 29.8 Å². The molecule has 0 unspecified atom stereocenters. The van der Waals surface area contributed by atoms with Crippen LogP contribution >= 0.6 is 0 Å². The average Bonchev–Trinajstić information content (AvgIpc) is 3.04. The molecule has 0 aliphatic carbocycles. The highest BCUT2D eigenvalue weighted by atomic mass is 32.2. The van der Waals surface area contributed by atoms with Crippen LogP contribution in [0.1, 0.15) is 12.0 Å². The highest BCUT2D eigenvalue weighted by Crippen LogP contribution is 2.27. The molecule has 8 heteroatoms. The first-order valence-electron chi connectivity index (χ1n) is 8.68. The van der Waals surface area contributed by atoms with Gasteiger partial charge in [-0.15, -0.1) is 0 Å². The number of benzene rings is 1. The molecule has 0 atom stereocenters. The molecule has 2 aliphatic rings. The van der Waals surface area contributed by atoms with Gasteiger partial charge in [0.25, 0.3) is 10.2 Å². The zero-order valence-electron chi connectivity index (χ0n) is 14.9. The van der Waals surface area contributed by atoms with Crippen LogP contribution in [0.15, 0.2) is 24.3 Å². The molecular weight excluding hydrogens is 340 g/mol. The van der Waals surface area contributed by atoms with Gasteiger partial charge in [0.15, 0.2) is 0 Å². The molecule has 2 heterocycles. The van der Waals surface area contributed by atoms with Gasteiger partial charge < -0.3 is 9.80 Å². The van der Waals surface area contributed by atoms with Gasteiger partial charge in [0.05, 0.1) is 0 Å². The lowest BCUT2D eigenvalue weighted by molar-refractivity contribution is -0.118. The van der Waals surface area contributed by atoms with Crippen molar-refractivity contribution in [2.24, 2.45) is 0 Å². The Hall–Kier alpha value is -1.48. The van der Waals surface area contributed by atoms with Crippen LogP contribution < -0.4 is 4.90 Å². The second-order valence-corrected chi connectivity index (χ2v) is 8.85. The molecule has 1 amide bonds. The van der Waals surface area contributed by atoms with Crippen LogP contribution in [0.25, 0.3) is 0 Å². The average molecular weight is 366 g/mol. The summed E-state index contributed by atoms with van der Waals surface area (Å²) in [6.45, 7) is 3.71. The van der Waals surface area contributed by atoms with E-state index in [0.717, 1.165) is 18.7 Å². The second-order valence-electron chi connectivity index (χ2n) is 6.70. The number of hydrogen-bond donors (Lipinski definition) is 0. The third kappa shape index (κ3) is 3.87. The van der Waals surface area contributed by atoms with Gasteiger partial charge in [-0.25, -0.2) is 0 Å². The maximum Gasteiger partial charge on any atom is 0.281 e. The Bertz CT molecular complexity index is 727. The van der Waals surface area contributed by atoms with Crippen LogP contribution in [0.4, 0.5) is 5.69 Å². The molecule has 1 saturated heterocycles. The highest BCUT2D eigenvalue weighted by molar-refractivity contribution is 7.86. The minimum absolute atomic E-state index is 0.147. The van der Waals surface area contributed by atoms with Crippen LogP contribution in [-0.2, 0) is 21.4 Å². The Balaban J connectivity index is 1.49. The van der Waals surface area contributed by atoms with Crippen molar-refractivity contribution in [1.29, 1.82) is 0 Å². The van der Waals surface area contributed by atoms with Crippen LogP contribution in [0.3, 0.4) is 0 Å². The Morgan fingerprint density at radius 3 is 2.44 bits per heavy atom. The molecular formula is C17H26N4O3S. The lowest BCUT2D eigenvalue weighted by Gasteiger charge is -2.35.